The Kier molecular flexibility index (Phi) is 10.4. The normalized spacial score (nSPS) is 11.0. The first kappa shape index (κ1) is 24.0. The number of unbranched alkanes of at least 4 members (excludes halogenated alkanes) is 5. The van der Waals surface area contributed by atoms with Crippen LogP contribution in [0.15, 0.2) is 47.4 Å². The molecule has 0 saturated heterocycles. The van der Waals surface area contributed by atoms with Gasteiger partial charge in [0.1, 0.15) is 11.5 Å². The molecule has 0 bridgehead atoms. The molecule has 7 heteroatoms. The van der Waals surface area contributed by atoms with Crippen LogP contribution in [0.4, 0.5) is 0 Å². The average molecular weight is 400 g/mol. The fourth-order valence-corrected chi connectivity index (χ4v) is 3.57. The average Bonchev–Trinajstić information content (AvgIpc) is 2.57. The van der Waals surface area contributed by atoms with Crippen LogP contribution in [0, 0.1) is 0 Å². The first-order valence-corrected chi connectivity index (χ1v) is 10.4. The molecule has 0 heterocycles. The van der Waals surface area contributed by atoms with E-state index in [1.54, 1.807) is 18.2 Å². The van der Waals surface area contributed by atoms with Gasteiger partial charge in [-0.05, 0) is 48.7 Å². The number of ether oxygens (including phenoxy) is 1. The van der Waals surface area contributed by atoms with Gasteiger partial charge in [-0.15, -0.1) is 5.75 Å². The van der Waals surface area contributed by atoms with Crippen molar-refractivity contribution in [2.75, 3.05) is 0 Å². The third kappa shape index (κ3) is 8.23. The first-order chi connectivity index (χ1) is 12.4. The summed E-state index contributed by atoms with van der Waals surface area (Å²) >= 11 is 0. The van der Waals surface area contributed by atoms with Crippen molar-refractivity contribution in [1.29, 1.82) is 0 Å². The summed E-state index contributed by atoms with van der Waals surface area (Å²) in [5.74, 6) is 0.663. The summed E-state index contributed by atoms with van der Waals surface area (Å²) in [6.45, 7) is 2.16. The smallest absolute Gasteiger partial charge is 0.872 e. The summed E-state index contributed by atoms with van der Waals surface area (Å²) in [5, 5.41) is 11.4. The Hall–Kier alpha value is -1.05. The Balaban J connectivity index is 0.00000364. The Bertz CT molecular complexity index is 821. The molecule has 0 aromatic heterocycles. The zero-order valence-corrected chi connectivity index (χ0v) is 18.8. The number of rotatable bonds is 10. The van der Waals surface area contributed by atoms with E-state index in [0.717, 1.165) is 19.3 Å². The van der Waals surface area contributed by atoms with Gasteiger partial charge in [-0.3, -0.25) is 4.55 Å². The van der Waals surface area contributed by atoms with Crippen molar-refractivity contribution in [3.63, 3.8) is 0 Å². The van der Waals surface area contributed by atoms with E-state index < -0.39 is 10.1 Å². The van der Waals surface area contributed by atoms with Crippen molar-refractivity contribution < 1.29 is 52.4 Å². The van der Waals surface area contributed by atoms with E-state index in [1.165, 1.54) is 43.5 Å². The maximum absolute atomic E-state index is 11.6. The molecule has 0 spiro atoms. The molecule has 0 aliphatic rings. The molecular formula is C20H25NaO5S. The summed E-state index contributed by atoms with van der Waals surface area (Å²) < 4.78 is 38.3. The minimum Gasteiger partial charge on any atom is -0.872 e. The van der Waals surface area contributed by atoms with Crippen LogP contribution in [0.2, 0.25) is 0 Å². The monoisotopic (exact) mass is 400 g/mol. The van der Waals surface area contributed by atoms with Crippen LogP contribution < -0.4 is 39.4 Å². The van der Waals surface area contributed by atoms with Crippen LogP contribution in [-0.4, -0.2) is 13.0 Å². The van der Waals surface area contributed by atoms with E-state index in [0.29, 0.717) is 23.5 Å². The van der Waals surface area contributed by atoms with Gasteiger partial charge in [0.05, 0.1) is 4.90 Å². The van der Waals surface area contributed by atoms with Gasteiger partial charge in [0.15, 0.2) is 0 Å². The molecule has 2 aromatic rings. The third-order valence-corrected chi connectivity index (χ3v) is 5.10. The fraction of sp³-hybridized carbons (Fsp3) is 0.400. The number of aryl methyl sites for hydroxylation is 1. The standard InChI is InChI=1S/C20H26O5S.Na/c1-2-3-4-5-6-7-9-16-14-19(12-13-20(16)26(22,23)24)25-18-11-8-10-17(21)15-18;/h8,10-15,21H,2-7,9H2,1H3,(H,22,23,24);/q;+1/p-1. The van der Waals surface area contributed by atoms with Gasteiger partial charge in [0, 0.05) is 0 Å². The SMILES string of the molecule is CCCCCCCCc1cc(Oc2cccc([O-])c2)ccc1S(=O)(=O)O.[Na+]. The van der Waals surface area contributed by atoms with Crippen LogP contribution in [-0.2, 0) is 16.5 Å². The van der Waals surface area contributed by atoms with Gasteiger partial charge < -0.3 is 9.84 Å². The van der Waals surface area contributed by atoms with Gasteiger partial charge >= 0.3 is 29.6 Å². The molecule has 0 amide bonds. The zero-order valence-electron chi connectivity index (χ0n) is 16.0. The molecule has 1 N–H and O–H groups in total. The van der Waals surface area contributed by atoms with Crippen molar-refractivity contribution in [1.82, 2.24) is 0 Å². The zero-order chi connectivity index (χ0) is 19.0. The van der Waals surface area contributed by atoms with Crippen LogP contribution in [0.1, 0.15) is 51.0 Å². The topological polar surface area (TPSA) is 86.7 Å². The van der Waals surface area contributed by atoms with Gasteiger partial charge in [-0.2, -0.15) is 8.42 Å². The van der Waals surface area contributed by atoms with E-state index in [4.69, 9.17) is 4.74 Å². The van der Waals surface area contributed by atoms with Crippen LogP contribution in [0.3, 0.4) is 0 Å². The van der Waals surface area contributed by atoms with E-state index >= 15 is 0 Å². The van der Waals surface area contributed by atoms with E-state index in [-0.39, 0.29) is 40.2 Å². The number of hydrogen-bond acceptors (Lipinski definition) is 4. The minimum absolute atomic E-state index is 0. The van der Waals surface area contributed by atoms with Crippen LogP contribution in [0.5, 0.6) is 17.2 Å². The van der Waals surface area contributed by atoms with Gasteiger partial charge in [0.25, 0.3) is 10.1 Å². The van der Waals surface area contributed by atoms with Gasteiger partial charge in [-0.25, -0.2) is 0 Å². The Morgan fingerprint density at radius 1 is 0.963 bits per heavy atom. The first-order valence-electron chi connectivity index (χ1n) is 8.95. The number of hydrogen-bond donors (Lipinski definition) is 1. The maximum atomic E-state index is 11.6. The van der Waals surface area contributed by atoms with Crippen molar-refractivity contribution in [3.8, 4) is 17.2 Å². The van der Waals surface area contributed by atoms with E-state index in [2.05, 4.69) is 6.92 Å². The summed E-state index contributed by atoms with van der Waals surface area (Å²) in [6, 6.07) is 10.5. The molecule has 0 radical (unpaired) electrons. The van der Waals surface area contributed by atoms with Crippen LogP contribution in [0.25, 0.3) is 0 Å². The maximum Gasteiger partial charge on any atom is 1.00 e. The van der Waals surface area contributed by atoms with E-state index in [1.807, 2.05) is 0 Å². The molecule has 5 nitrogen and oxygen atoms in total. The largest absolute Gasteiger partial charge is 1.00 e. The van der Waals surface area contributed by atoms with Crippen molar-refractivity contribution >= 4 is 10.1 Å². The molecule has 2 aromatic carbocycles. The second-order valence-corrected chi connectivity index (χ2v) is 7.73. The Labute approximate surface area is 183 Å². The summed E-state index contributed by atoms with van der Waals surface area (Å²) in [7, 11) is -4.29. The summed E-state index contributed by atoms with van der Waals surface area (Å²) in [4.78, 5) is -0.0871. The van der Waals surface area contributed by atoms with Crippen molar-refractivity contribution in [2.24, 2.45) is 0 Å². The fourth-order valence-electron chi connectivity index (χ4n) is 2.84. The van der Waals surface area contributed by atoms with Crippen molar-refractivity contribution in [2.45, 2.75) is 56.8 Å². The predicted octanol–water partition coefficient (Wildman–Crippen LogP) is 1.71. The Morgan fingerprint density at radius 2 is 1.63 bits per heavy atom. The molecule has 0 saturated carbocycles. The molecule has 0 fully saturated rings. The van der Waals surface area contributed by atoms with Gasteiger partial charge in [-0.1, -0.05) is 51.2 Å². The third-order valence-electron chi connectivity index (χ3n) is 4.15. The van der Waals surface area contributed by atoms with E-state index in [9.17, 15) is 18.1 Å². The molecule has 2 rings (SSSR count). The molecule has 0 aliphatic carbocycles. The predicted molar refractivity (Wildman–Crippen MR) is 99.3 cm³/mol. The molecule has 142 valence electrons. The second kappa shape index (κ2) is 11.7. The van der Waals surface area contributed by atoms with Gasteiger partial charge in [0.2, 0.25) is 0 Å². The molecule has 0 atom stereocenters. The molecule has 0 unspecified atom stereocenters. The summed E-state index contributed by atoms with van der Waals surface area (Å²) in [5.41, 5.74) is 0.527. The molecular weight excluding hydrogens is 375 g/mol. The second-order valence-electron chi connectivity index (χ2n) is 6.34. The molecule has 27 heavy (non-hydrogen) atoms. The van der Waals surface area contributed by atoms with Crippen molar-refractivity contribution in [3.05, 3.63) is 48.0 Å². The van der Waals surface area contributed by atoms with Crippen LogP contribution >= 0.6 is 0 Å². The quantitative estimate of drug-likeness (QED) is 0.373. The molecule has 0 aliphatic heterocycles. The number of benzene rings is 2. The minimum atomic E-state index is -4.29. The Morgan fingerprint density at radius 3 is 2.30 bits per heavy atom. The summed E-state index contributed by atoms with van der Waals surface area (Å²) in [6.07, 6.45) is 7.06.